The van der Waals surface area contributed by atoms with Gasteiger partial charge in [0, 0.05) is 0 Å². The second kappa shape index (κ2) is 5.20. The molecule has 0 aromatic heterocycles. The Balaban J connectivity index is 1.75. The molecule has 25 heavy (non-hydrogen) atoms. The Labute approximate surface area is 149 Å². The molecular formula is C20H32O5. The third kappa shape index (κ3) is 2.15. The molecule has 0 radical (unpaired) electrons. The van der Waals surface area contributed by atoms with Crippen LogP contribution >= 0.6 is 0 Å². The van der Waals surface area contributed by atoms with Crippen molar-refractivity contribution in [2.75, 3.05) is 6.61 Å². The van der Waals surface area contributed by atoms with Gasteiger partial charge in [-0.05, 0) is 86.9 Å². The average Bonchev–Trinajstić information content (AvgIpc) is 2.73. The van der Waals surface area contributed by atoms with E-state index in [0.717, 1.165) is 32.1 Å². The summed E-state index contributed by atoms with van der Waals surface area (Å²) in [6.07, 6.45) is 5.65. The van der Waals surface area contributed by atoms with Gasteiger partial charge in [-0.2, -0.15) is 0 Å². The summed E-state index contributed by atoms with van der Waals surface area (Å²) in [6.45, 7) is 3.84. The fourth-order valence-corrected chi connectivity index (χ4v) is 8.18. The van der Waals surface area contributed by atoms with Crippen molar-refractivity contribution >= 4 is 5.97 Å². The molecular weight excluding hydrogens is 320 g/mol. The van der Waals surface area contributed by atoms with Crippen LogP contribution in [0.15, 0.2) is 0 Å². The number of aliphatic hydroxyl groups excluding tert-OH is 2. The van der Waals surface area contributed by atoms with E-state index in [1.807, 2.05) is 6.92 Å². The Hall–Kier alpha value is -0.650. The zero-order valence-electron chi connectivity index (χ0n) is 15.4. The first kappa shape index (κ1) is 17.7. The van der Waals surface area contributed by atoms with Crippen LogP contribution in [0.25, 0.3) is 0 Å². The van der Waals surface area contributed by atoms with Crippen LogP contribution in [0.1, 0.15) is 65.2 Å². The first-order valence-electron chi connectivity index (χ1n) is 9.84. The maximum Gasteiger partial charge on any atom is 0.309 e. The minimum atomic E-state index is -0.971. The molecule has 1 spiro atoms. The lowest BCUT2D eigenvalue weighted by Crippen LogP contribution is -2.60. The summed E-state index contributed by atoms with van der Waals surface area (Å²) < 4.78 is 0. The number of hydrogen-bond acceptors (Lipinski definition) is 4. The topological polar surface area (TPSA) is 98.0 Å². The Morgan fingerprint density at radius 3 is 2.44 bits per heavy atom. The van der Waals surface area contributed by atoms with Gasteiger partial charge in [0.2, 0.25) is 0 Å². The van der Waals surface area contributed by atoms with E-state index in [-0.39, 0.29) is 29.3 Å². The summed E-state index contributed by atoms with van der Waals surface area (Å²) in [5.74, 6) is -0.237. The Morgan fingerprint density at radius 2 is 1.80 bits per heavy atom. The van der Waals surface area contributed by atoms with Crippen molar-refractivity contribution in [1.82, 2.24) is 0 Å². The van der Waals surface area contributed by atoms with Gasteiger partial charge in [-0.25, -0.2) is 0 Å². The molecule has 0 aromatic rings. The Kier molecular flexibility index (Phi) is 3.69. The van der Waals surface area contributed by atoms with Crippen LogP contribution in [0.4, 0.5) is 0 Å². The average molecular weight is 352 g/mol. The SMILES string of the molecule is C[C@]12C[C@@H](O)C[C@](C)(C(=O)O)[C@@H]1CC[C@]13C[C@H](CC[C@@H]12)[C@](O)(CO)C3. The minimum absolute atomic E-state index is 0.00210. The van der Waals surface area contributed by atoms with Crippen molar-refractivity contribution in [3.05, 3.63) is 0 Å². The first-order chi connectivity index (χ1) is 11.6. The van der Waals surface area contributed by atoms with Gasteiger partial charge in [0.05, 0.1) is 23.7 Å². The number of carbonyl (C=O) groups is 1. The van der Waals surface area contributed by atoms with E-state index >= 15 is 0 Å². The van der Waals surface area contributed by atoms with Crippen LogP contribution in [0.5, 0.6) is 0 Å². The maximum atomic E-state index is 12.1. The molecule has 0 aromatic carbocycles. The van der Waals surface area contributed by atoms with Crippen LogP contribution in [0.2, 0.25) is 0 Å². The highest BCUT2D eigenvalue weighted by atomic mass is 16.4. The highest BCUT2D eigenvalue weighted by molar-refractivity contribution is 5.75. The van der Waals surface area contributed by atoms with Crippen LogP contribution in [0, 0.1) is 34.0 Å². The van der Waals surface area contributed by atoms with E-state index in [1.165, 1.54) is 0 Å². The fraction of sp³-hybridized carbons (Fsp3) is 0.950. The van der Waals surface area contributed by atoms with Crippen molar-refractivity contribution in [3.63, 3.8) is 0 Å². The van der Waals surface area contributed by atoms with Gasteiger partial charge < -0.3 is 20.4 Å². The van der Waals surface area contributed by atoms with Crippen molar-refractivity contribution in [1.29, 1.82) is 0 Å². The van der Waals surface area contributed by atoms with Crippen LogP contribution < -0.4 is 0 Å². The third-order valence-electron chi connectivity index (χ3n) is 9.00. The van der Waals surface area contributed by atoms with Gasteiger partial charge >= 0.3 is 5.97 Å². The molecule has 4 aliphatic carbocycles. The Morgan fingerprint density at radius 1 is 1.08 bits per heavy atom. The van der Waals surface area contributed by atoms with E-state index in [9.17, 15) is 25.2 Å². The second-order valence-corrected chi connectivity index (χ2v) is 10.2. The molecule has 0 amide bonds. The predicted octanol–water partition coefficient (Wildman–Crippen LogP) is 2.18. The smallest absolute Gasteiger partial charge is 0.309 e. The first-order valence-corrected chi connectivity index (χ1v) is 9.84. The van der Waals surface area contributed by atoms with Crippen molar-refractivity contribution < 1.29 is 25.2 Å². The van der Waals surface area contributed by atoms with E-state index in [4.69, 9.17) is 0 Å². The van der Waals surface area contributed by atoms with Crippen LogP contribution in [-0.2, 0) is 4.79 Å². The lowest BCUT2D eigenvalue weighted by Gasteiger charge is -2.64. The standard InChI is InChI=1S/C20H32O5/c1-17-8-13(22)9-18(2,16(23)24)14(17)5-6-19-7-12(3-4-15(17)19)20(25,10-19)11-21/h12-15,21-22,25H,3-11H2,1-2H3,(H,23,24)/t12-,13+,14+,15+,17-,18-,19+,20+/m0/s1. The molecule has 0 aliphatic heterocycles. The molecule has 142 valence electrons. The molecule has 5 heteroatoms. The molecule has 2 bridgehead atoms. The van der Waals surface area contributed by atoms with E-state index in [2.05, 4.69) is 6.92 Å². The molecule has 0 saturated heterocycles. The normalized spacial score (nSPS) is 57.6. The lowest BCUT2D eigenvalue weighted by atomic mass is 9.40. The number of aliphatic hydroxyl groups is 3. The number of aliphatic carboxylic acids is 1. The zero-order valence-corrected chi connectivity index (χ0v) is 15.4. The molecule has 8 atom stereocenters. The number of carboxylic acid groups (broad SMARTS) is 1. The largest absolute Gasteiger partial charge is 0.481 e. The molecule has 4 aliphatic rings. The van der Waals surface area contributed by atoms with E-state index < -0.39 is 23.1 Å². The molecule has 4 saturated carbocycles. The van der Waals surface area contributed by atoms with Crippen LogP contribution in [0.3, 0.4) is 0 Å². The number of hydrogen-bond donors (Lipinski definition) is 4. The molecule has 4 N–H and O–H groups in total. The minimum Gasteiger partial charge on any atom is -0.481 e. The summed E-state index contributed by atoms with van der Waals surface area (Å²) in [6, 6.07) is 0. The quantitative estimate of drug-likeness (QED) is 0.611. The number of fused-ring (bicyclic) bond motifs is 3. The van der Waals surface area contributed by atoms with Gasteiger partial charge in [-0.1, -0.05) is 6.92 Å². The summed E-state index contributed by atoms with van der Waals surface area (Å²) in [5.41, 5.74) is -2.06. The van der Waals surface area contributed by atoms with E-state index in [0.29, 0.717) is 25.2 Å². The molecule has 4 fully saturated rings. The molecule has 4 rings (SSSR count). The molecule has 0 heterocycles. The van der Waals surface area contributed by atoms with Crippen molar-refractivity contribution in [3.8, 4) is 0 Å². The number of carboxylic acids is 1. The van der Waals surface area contributed by atoms with Crippen LogP contribution in [-0.4, -0.2) is 44.7 Å². The number of rotatable bonds is 2. The summed E-state index contributed by atoms with van der Waals surface area (Å²) >= 11 is 0. The second-order valence-electron chi connectivity index (χ2n) is 10.2. The van der Waals surface area contributed by atoms with E-state index in [1.54, 1.807) is 0 Å². The molecule has 5 nitrogen and oxygen atoms in total. The van der Waals surface area contributed by atoms with Gasteiger partial charge in [0.25, 0.3) is 0 Å². The highest BCUT2D eigenvalue weighted by Gasteiger charge is 2.69. The maximum absolute atomic E-state index is 12.1. The van der Waals surface area contributed by atoms with Gasteiger partial charge in [0.15, 0.2) is 0 Å². The van der Waals surface area contributed by atoms with Gasteiger partial charge in [-0.3, -0.25) is 4.79 Å². The van der Waals surface area contributed by atoms with Crippen molar-refractivity contribution in [2.24, 2.45) is 34.0 Å². The third-order valence-corrected chi connectivity index (χ3v) is 9.00. The summed E-state index contributed by atoms with van der Waals surface area (Å²) in [4.78, 5) is 12.1. The van der Waals surface area contributed by atoms with Gasteiger partial charge in [-0.15, -0.1) is 0 Å². The lowest BCUT2D eigenvalue weighted by molar-refractivity contribution is -0.195. The fourth-order valence-electron chi connectivity index (χ4n) is 8.18. The Bertz CT molecular complexity index is 593. The summed E-state index contributed by atoms with van der Waals surface area (Å²) in [5, 5.41) is 41.2. The zero-order chi connectivity index (χ0) is 18.3. The highest BCUT2D eigenvalue weighted by Crippen LogP contribution is 2.72. The van der Waals surface area contributed by atoms with Gasteiger partial charge in [0.1, 0.15) is 0 Å². The monoisotopic (exact) mass is 352 g/mol. The molecule has 0 unspecified atom stereocenters. The van der Waals surface area contributed by atoms with Crippen molar-refractivity contribution in [2.45, 2.75) is 76.9 Å². The summed E-state index contributed by atoms with van der Waals surface area (Å²) in [7, 11) is 0. The predicted molar refractivity (Wildman–Crippen MR) is 91.7 cm³/mol.